The van der Waals surface area contributed by atoms with Gasteiger partial charge in [-0.25, -0.2) is 13.1 Å². The van der Waals surface area contributed by atoms with Crippen LogP contribution in [0.4, 0.5) is 13.2 Å². The van der Waals surface area contributed by atoms with Gasteiger partial charge in [0.2, 0.25) is 10.0 Å². The van der Waals surface area contributed by atoms with Crippen molar-refractivity contribution < 1.29 is 31.4 Å². The third-order valence-electron chi connectivity index (χ3n) is 2.36. The molecular formula is C11H17F3N2O4S. The summed E-state index contributed by atoms with van der Waals surface area (Å²) in [4.78, 5) is 0. The van der Waals surface area contributed by atoms with Gasteiger partial charge in [0, 0.05) is 6.42 Å². The molecule has 10 heteroatoms. The van der Waals surface area contributed by atoms with Crippen LogP contribution in [0.25, 0.3) is 0 Å². The van der Waals surface area contributed by atoms with Crippen molar-refractivity contribution in [1.82, 2.24) is 4.72 Å². The quantitative estimate of drug-likeness (QED) is 0.486. The normalized spacial score (nSPS) is 15.6. The Balaban J connectivity index is 4.82. The van der Waals surface area contributed by atoms with Gasteiger partial charge in [-0.3, -0.25) is 0 Å². The number of sulfonamides is 1. The Kier molecular flexibility index (Phi) is 7.70. The largest absolute Gasteiger partial charge is 0.502 e. The van der Waals surface area contributed by atoms with Crippen LogP contribution in [0.2, 0.25) is 0 Å². The van der Waals surface area contributed by atoms with Crippen molar-refractivity contribution >= 4 is 10.0 Å². The summed E-state index contributed by atoms with van der Waals surface area (Å²) >= 11 is 0. The van der Waals surface area contributed by atoms with Crippen molar-refractivity contribution in [3.8, 4) is 6.07 Å². The van der Waals surface area contributed by atoms with E-state index < -0.39 is 34.1 Å². The van der Waals surface area contributed by atoms with Crippen LogP contribution in [0.5, 0.6) is 0 Å². The molecular weight excluding hydrogens is 313 g/mol. The van der Waals surface area contributed by atoms with Crippen LogP contribution in [-0.2, 0) is 14.8 Å². The van der Waals surface area contributed by atoms with Crippen LogP contribution in [0.1, 0.15) is 19.8 Å². The van der Waals surface area contributed by atoms with Gasteiger partial charge in [0.25, 0.3) is 0 Å². The van der Waals surface area contributed by atoms with Gasteiger partial charge in [0.1, 0.15) is 0 Å². The van der Waals surface area contributed by atoms with Gasteiger partial charge in [0.05, 0.1) is 31.2 Å². The molecule has 0 radical (unpaired) electrons. The minimum atomic E-state index is -5.07. The highest BCUT2D eigenvalue weighted by molar-refractivity contribution is 7.89. The fourth-order valence-corrected chi connectivity index (χ4v) is 2.25. The smallest absolute Gasteiger partial charge is 0.422 e. The van der Waals surface area contributed by atoms with Crippen molar-refractivity contribution in [2.75, 3.05) is 18.9 Å². The molecule has 0 aliphatic heterocycles. The van der Waals surface area contributed by atoms with Crippen LogP contribution < -0.4 is 4.72 Å². The molecule has 0 rings (SSSR count). The molecule has 0 bridgehead atoms. The topological polar surface area (TPSA) is 99.4 Å². The van der Waals surface area contributed by atoms with Gasteiger partial charge in [-0.15, -0.1) is 0 Å². The number of hydrogen-bond acceptors (Lipinski definition) is 5. The maximum atomic E-state index is 12.8. The number of aliphatic hydroxyl groups is 1. The zero-order valence-corrected chi connectivity index (χ0v) is 12.2. The molecule has 0 spiro atoms. The van der Waals surface area contributed by atoms with Crippen molar-refractivity contribution in [2.24, 2.45) is 0 Å². The van der Waals surface area contributed by atoms with E-state index in [4.69, 9.17) is 5.26 Å². The predicted octanol–water partition coefficient (Wildman–Crippen LogP) is 1.05. The zero-order valence-electron chi connectivity index (χ0n) is 11.4. The number of ether oxygens (including phenoxy) is 1. The van der Waals surface area contributed by atoms with Crippen molar-refractivity contribution in [3.05, 3.63) is 12.3 Å². The van der Waals surface area contributed by atoms with Gasteiger partial charge in [-0.2, -0.15) is 18.4 Å². The Morgan fingerprint density at radius 3 is 2.52 bits per heavy atom. The van der Waals surface area contributed by atoms with Crippen LogP contribution in [0.3, 0.4) is 0 Å². The van der Waals surface area contributed by atoms with E-state index in [2.05, 4.69) is 4.74 Å². The summed E-state index contributed by atoms with van der Waals surface area (Å²) in [5.74, 6) is -0.496. The highest BCUT2D eigenvalue weighted by atomic mass is 32.2. The number of rotatable bonds is 9. The molecule has 0 heterocycles. The zero-order chi connectivity index (χ0) is 16.6. The summed E-state index contributed by atoms with van der Waals surface area (Å²) in [6.07, 6.45) is -4.11. The fourth-order valence-electron chi connectivity index (χ4n) is 1.14. The number of halogens is 3. The maximum Gasteiger partial charge on any atom is 0.422 e. The molecule has 0 aromatic carbocycles. The Morgan fingerprint density at radius 2 is 2.05 bits per heavy atom. The standard InChI is InChI=1S/C11H17F3N2O4S/c1-2-20-7-5-10(17,11(12,13)14)9-16-21(18,19)8-4-3-6-15/h5,7,16-17H,2-4,8-9H2,1H3. The summed E-state index contributed by atoms with van der Waals surface area (Å²) in [5.41, 5.74) is -3.37. The molecule has 122 valence electrons. The molecule has 0 aromatic rings. The van der Waals surface area contributed by atoms with E-state index in [1.807, 2.05) is 0 Å². The molecule has 0 aromatic heterocycles. The van der Waals surface area contributed by atoms with Crippen LogP contribution >= 0.6 is 0 Å². The molecule has 0 fully saturated rings. The first-order valence-electron chi connectivity index (χ1n) is 6.00. The lowest BCUT2D eigenvalue weighted by Crippen LogP contribution is -2.52. The Bertz CT molecular complexity index is 485. The predicted molar refractivity (Wildman–Crippen MR) is 68.4 cm³/mol. The SMILES string of the molecule is CCOC=CC(O)(CNS(=O)(=O)CCCC#N)C(F)(F)F. The number of unbranched alkanes of at least 4 members (excludes halogenated alkanes) is 1. The third kappa shape index (κ3) is 7.31. The van der Waals surface area contributed by atoms with Gasteiger partial charge in [-0.05, 0) is 19.4 Å². The molecule has 21 heavy (non-hydrogen) atoms. The maximum absolute atomic E-state index is 12.8. The highest BCUT2D eigenvalue weighted by Crippen LogP contribution is 2.31. The van der Waals surface area contributed by atoms with E-state index in [1.54, 1.807) is 10.8 Å². The van der Waals surface area contributed by atoms with Gasteiger partial charge in [-0.1, -0.05) is 0 Å². The van der Waals surface area contributed by atoms with E-state index in [9.17, 15) is 26.7 Å². The van der Waals surface area contributed by atoms with Gasteiger partial charge in [0.15, 0.2) is 5.60 Å². The van der Waals surface area contributed by atoms with Gasteiger partial charge < -0.3 is 9.84 Å². The van der Waals surface area contributed by atoms with Crippen molar-refractivity contribution in [2.45, 2.75) is 31.5 Å². The molecule has 6 nitrogen and oxygen atoms in total. The molecule has 0 aliphatic rings. The van der Waals surface area contributed by atoms with E-state index in [0.29, 0.717) is 12.3 Å². The second kappa shape index (κ2) is 8.21. The summed E-state index contributed by atoms with van der Waals surface area (Å²) in [5, 5.41) is 17.8. The molecule has 0 saturated heterocycles. The molecule has 1 atom stereocenters. The first-order chi connectivity index (χ1) is 9.58. The summed E-state index contributed by atoms with van der Waals surface area (Å²) in [7, 11) is -4.01. The summed E-state index contributed by atoms with van der Waals surface area (Å²) in [6.45, 7) is 0.369. The number of nitrogens with one attached hydrogen (secondary N) is 1. The monoisotopic (exact) mass is 330 g/mol. The van der Waals surface area contributed by atoms with E-state index in [0.717, 1.165) is 0 Å². The minimum Gasteiger partial charge on any atom is -0.502 e. The summed E-state index contributed by atoms with van der Waals surface area (Å²) in [6, 6.07) is 1.72. The molecule has 1 unspecified atom stereocenters. The lowest BCUT2D eigenvalue weighted by molar-refractivity contribution is -0.236. The molecule has 0 saturated carbocycles. The second-order valence-corrected chi connectivity index (χ2v) is 6.01. The number of nitriles is 1. The number of nitrogens with zero attached hydrogens (tertiary/aromatic N) is 1. The second-order valence-electron chi connectivity index (χ2n) is 4.08. The Hall–Kier alpha value is -1.31. The van der Waals surface area contributed by atoms with Crippen LogP contribution in [-0.4, -0.2) is 44.2 Å². The molecule has 2 N–H and O–H groups in total. The van der Waals surface area contributed by atoms with Crippen LogP contribution in [0.15, 0.2) is 12.3 Å². The van der Waals surface area contributed by atoms with Crippen molar-refractivity contribution in [3.63, 3.8) is 0 Å². The van der Waals surface area contributed by atoms with E-state index in [-0.39, 0.29) is 19.4 Å². The lowest BCUT2D eigenvalue weighted by Gasteiger charge is -2.27. The molecule has 0 amide bonds. The van der Waals surface area contributed by atoms with Gasteiger partial charge >= 0.3 is 6.18 Å². The minimum absolute atomic E-state index is 0.00886. The average Bonchev–Trinajstić information content (AvgIpc) is 2.36. The average molecular weight is 330 g/mol. The first-order valence-corrected chi connectivity index (χ1v) is 7.66. The third-order valence-corrected chi connectivity index (χ3v) is 3.77. The number of alkyl halides is 3. The van der Waals surface area contributed by atoms with Crippen LogP contribution in [0, 0.1) is 11.3 Å². The van der Waals surface area contributed by atoms with E-state index >= 15 is 0 Å². The Morgan fingerprint density at radius 1 is 1.43 bits per heavy atom. The number of hydrogen-bond donors (Lipinski definition) is 2. The fraction of sp³-hybridized carbons (Fsp3) is 0.727. The Labute approximate surface area is 121 Å². The molecule has 0 aliphatic carbocycles. The van der Waals surface area contributed by atoms with E-state index in [1.165, 1.54) is 6.92 Å². The summed E-state index contributed by atoms with van der Waals surface area (Å²) < 4.78 is 67.5. The van der Waals surface area contributed by atoms with Crippen molar-refractivity contribution in [1.29, 1.82) is 5.26 Å². The lowest BCUT2D eigenvalue weighted by atomic mass is 10.0. The first kappa shape index (κ1) is 19.7. The highest BCUT2D eigenvalue weighted by Gasteiger charge is 2.52.